The second-order valence-electron chi connectivity index (χ2n) is 3.29. The van der Waals surface area contributed by atoms with Crippen molar-refractivity contribution in [2.24, 2.45) is 0 Å². The number of nitrogens with zero attached hydrogens (tertiary/aromatic N) is 2. The molecule has 0 aliphatic carbocycles. The summed E-state index contributed by atoms with van der Waals surface area (Å²) in [6, 6.07) is 0. The van der Waals surface area contributed by atoms with Gasteiger partial charge in [-0.1, -0.05) is 11.4 Å². The van der Waals surface area contributed by atoms with E-state index in [4.69, 9.17) is 0 Å². The highest BCUT2D eigenvalue weighted by molar-refractivity contribution is 7.07. The summed E-state index contributed by atoms with van der Waals surface area (Å²) >= 11 is 1.09. The van der Waals surface area contributed by atoms with Crippen LogP contribution in [0.5, 0.6) is 0 Å². The van der Waals surface area contributed by atoms with Crippen molar-refractivity contribution in [1.29, 1.82) is 0 Å². The van der Waals surface area contributed by atoms with Crippen molar-refractivity contribution in [2.45, 2.75) is 32.8 Å². The molecule has 84 valence electrons. The van der Waals surface area contributed by atoms with Crippen molar-refractivity contribution >= 4 is 17.4 Å². The lowest BCUT2D eigenvalue weighted by Gasteiger charge is -2.07. The fraction of sp³-hybridized carbons (Fsp3) is 0.667. The zero-order valence-electron chi connectivity index (χ0n) is 8.86. The van der Waals surface area contributed by atoms with Crippen LogP contribution in [0.25, 0.3) is 0 Å². The largest absolute Gasteiger partial charge is 0.393 e. The number of hydrogen-bond acceptors (Lipinski definition) is 5. The molecular formula is C9H15N3O2S. The molecule has 0 aliphatic rings. The molecule has 0 bridgehead atoms. The SMILES string of the molecule is CCC(O)CCNC(=O)c1snnc1C. The highest BCUT2D eigenvalue weighted by atomic mass is 32.1. The van der Waals surface area contributed by atoms with Crippen molar-refractivity contribution in [3.63, 3.8) is 0 Å². The van der Waals surface area contributed by atoms with Crippen LogP contribution < -0.4 is 5.32 Å². The third-order valence-corrected chi connectivity index (χ3v) is 2.92. The Morgan fingerprint density at radius 1 is 1.67 bits per heavy atom. The van der Waals surface area contributed by atoms with Gasteiger partial charge in [0.1, 0.15) is 4.88 Å². The average Bonchev–Trinajstić information content (AvgIpc) is 2.64. The molecule has 1 unspecified atom stereocenters. The molecule has 2 N–H and O–H groups in total. The molecule has 0 saturated heterocycles. The Kier molecular flexibility index (Phi) is 4.64. The summed E-state index contributed by atoms with van der Waals surface area (Å²) in [5, 5.41) is 15.8. The molecule has 1 amide bonds. The zero-order chi connectivity index (χ0) is 11.3. The van der Waals surface area contributed by atoms with Crippen LogP contribution in [-0.2, 0) is 0 Å². The summed E-state index contributed by atoms with van der Waals surface area (Å²) in [5.41, 5.74) is 0.647. The number of hydrogen-bond donors (Lipinski definition) is 2. The first-order chi connectivity index (χ1) is 7.15. The maximum atomic E-state index is 11.5. The van der Waals surface area contributed by atoms with Gasteiger partial charge in [0.15, 0.2) is 0 Å². The van der Waals surface area contributed by atoms with Gasteiger partial charge in [0.25, 0.3) is 5.91 Å². The quantitative estimate of drug-likeness (QED) is 0.780. The molecule has 1 atom stereocenters. The molecule has 5 nitrogen and oxygen atoms in total. The van der Waals surface area contributed by atoms with Gasteiger partial charge in [-0.2, -0.15) is 0 Å². The number of rotatable bonds is 5. The molecule has 1 aromatic rings. The number of aromatic nitrogens is 2. The number of carbonyl (C=O) groups excluding carboxylic acids is 1. The molecule has 0 spiro atoms. The summed E-state index contributed by atoms with van der Waals surface area (Å²) in [4.78, 5) is 12.1. The fourth-order valence-electron chi connectivity index (χ4n) is 1.08. The summed E-state index contributed by atoms with van der Waals surface area (Å²) in [6.07, 6.45) is 0.941. The molecule has 0 aliphatic heterocycles. The maximum absolute atomic E-state index is 11.5. The number of aryl methyl sites for hydroxylation is 1. The Morgan fingerprint density at radius 3 is 2.93 bits per heavy atom. The Bertz CT molecular complexity index is 327. The van der Waals surface area contributed by atoms with Gasteiger partial charge in [-0.05, 0) is 31.3 Å². The minimum atomic E-state index is -0.342. The molecule has 6 heteroatoms. The highest BCUT2D eigenvalue weighted by Crippen LogP contribution is 2.08. The van der Waals surface area contributed by atoms with Crippen molar-refractivity contribution in [3.05, 3.63) is 10.6 Å². The van der Waals surface area contributed by atoms with E-state index in [-0.39, 0.29) is 12.0 Å². The van der Waals surface area contributed by atoms with Crippen LogP contribution in [0.1, 0.15) is 35.1 Å². The normalized spacial score (nSPS) is 12.5. The van der Waals surface area contributed by atoms with E-state index < -0.39 is 0 Å². The van der Waals surface area contributed by atoms with Gasteiger partial charge in [0.05, 0.1) is 11.8 Å². The molecular weight excluding hydrogens is 214 g/mol. The van der Waals surface area contributed by atoms with Crippen LogP contribution >= 0.6 is 11.5 Å². The smallest absolute Gasteiger partial charge is 0.264 e. The van der Waals surface area contributed by atoms with Crippen LogP contribution in [0, 0.1) is 6.92 Å². The first kappa shape index (κ1) is 12.1. The van der Waals surface area contributed by atoms with E-state index in [1.54, 1.807) is 6.92 Å². The molecule has 0 fully saturated rings. The van der Waals surface area contributed by atoms with Crippen molar-refractivity contribution in [3.8, 4) is 0 Å². The lowest BCUT2D eigenvalue weighted by Crippen LogP contribution is -2.26. The molecule has 1 aromatic heterocycles. The van der Waals surface area contributed by atoms with Gasteiger partial charge in [-0.3, -0.25) is 4.79 Å². The Labute approximate surface area is 92.7 Å². The average molecular weight is 229 g/mol. The number of nitrogens with one attached hydrogen (secondary N) is 1. The fourth-order valence-corrected chi connectivity index (χ4v) is 1.65. The van der Waals surface area contributed by atoms with Crippen LogP contribution in [0.4, 0.5) is 0 Å². The van der Waals surface area contributed by atoms with Crippen LogP contribution in [0.15, 0.2) is 0 Å². The van der Waals surface area contributed by atoms with Gasteiger partial charge >= 0.3 is 0 Å². The van der Waals surface area contributed by atoms with E-state index in [0.717, 1.165) is 11.5 Å². The van der Waals surface area contributed by atoms with Crippen LogP contribution in [0.3, 0.4) is 0 Å². The van der Waals surface area contributed by atoms with Crippen molar-refractivity contribution < 1.29 is 9.90 Å². The van der Waals surface area contributed by atoms with Crippen molar-refractivity contribution in [2.75, 3.05) is 6.54 Å². The highest BCUT2D eigenvalue weighted by Gasteiger charge is 2.12. The van der Waals surface area contributed by atoms with E-state index in [0.29, 0.717) is 30.0 Å². The third-order valence-electron chi connectivity index (χ3n) is 2.09. The molecule has 0 radical (unpaired) electrons. The molecule has 0 saturated carbocycles. The van der Waals surface area contributed by atoms with Gasteiger partial charge in [0, 0.05) is 6.54 Å². The minimum Gasteiger partial charge on any atom is -0.393 e. The maximum Gasteiger partial charge on any atom is 0.264 e. The van der Waals surface area contributed by atoms with E-state index >= 15 is 0 Å². The minimum absolute atomic E-state index is 0.161. The number of amides is 1. The predicted octanol–water partition coefficient (Wildman–Crippen LogP) is 0.737. The van der Waals surface area contributed by atoms with Gasteiger partial charge in [-0.15, -0.1) is 5.10 Å². The van der Waals surface area contributed by atoms with E-state index in [1.165, 1.54) is 0 Å². The number of carbonyl (C=O) groups is 1. The first-order valence-electron chi connectivity index (χ1n) is 4.90. The zero-order valence-corrected chi connectivity index (χ0v) is 9.67. The number of aliphatic hydroxyl groups excluding tert-OH is 1. The van der Waals surface area contributed by atoms with Gasteiger partial charge < -0.3 is 10.4 Å². The summed E-state index contributed by atoms with van der Waals surface area (Å²) in [5.74, 6) is -0.161. The number of aliphatic hydroxyl groups is 1. The molecule has 15 heavy (non-hydrogen) atoms. The van der Waals surface area contributed by atoms with E-state index in [1.807, 2.05) is 6.92 Å². The lowest BCUT2D eigenvalue weighted by atomic mass is 10.2. The summed E-state index contributed by atoms with van der Waals surface area (Å²) in [7, 11) is 0. The van der Waals surface area contributed by atoms with Crippen LogP contribution in [-0.4, -0.2) is 33.2 Å². The topological polar surface area (TPSA) is 75.1 Å². The standard InChI is InChI=1S/C9H15N3O2S/c1-3-7(13)4-5-10-9(14)8-6(2)11-12-15-8/h7,13H,3-5H2,1-2H3,(H,10,14). The van der Waals surface area contributed by atoms with Gasteiger partial charge in [0.2, 0.25) is 0 Å². The monoisotopic (exact) mass is 229 g/mol. The second kappa shape index (κ2) is 5.77. The van der Waals surface area contributed by atoms with Crippen molar-refractivity contribution in [1.82, 2.24) is 14.9 Å². The van der Waals surface area contributed by atoms with E-state index in [9.17, 15) is 9.90 Å². The molecule has 1 rings (SSSR count). The molecule has 0 aromatic carbocycles. The predicted molar refractivity (Wildman–Crippen MR) is 57.9 cm³/mol. The Morgan fingerprint density at radius 2 is 2.40 bits per heavy atom. The van der Waals surface area contributed by atoms with Crippen LogP contribution in [0.2, 0.25) is 0 Å². The lowest BCUT2D eigenvalue weighted by molar-refractivity contribution is 0.0945. The summed E-state index contributed by atoms with van der Waals surface area (Å²) in [6.45, 7) is 4.13. The second-order valence-corrected chi connectivity index (χ2v) is 4.05. The summed E-state index contributed by atoms with van der Waals surface area (Å²) < 4.78 is 3.68. The van der Waals surface area contributed by atoms with Gasteiger partial charge in [-0.25, -0.2) is 0 Å². The Balaban J connectivity index is 2.34. The van der Waals surface area contributed by atoms with E-state index in [2.05, 4.69) is 14.9 Å². The Hall–Kier alpha value is -1.01. The molecule has 1 heterocycles. The first-order valence-corrected chi connectivity index (χ1v) is 5.67. The third kappa shape index (κ3) is 3.56.